The normalized spacial score (nSPS) is 14.7. The molecule has 26 heavy (non-hydrogen) atoms. The minimum Gasteiger partial charge on any atom is -0.420 e. The van der Waals surface area contributed by atoms with Gasteiger partial charge in [0.2, 0.25) is 0 Å². The van der Waals surface area contributed by atoms with Crippen molar-refractivity contribution in [2.75, 3.05) is 23.3 Å². The summed E-state index contributed by atoms with van der Waals surface area (Å²) >= 11 is 8.06. The summed E-state index contributed by atoms with van der Waals surface area (Å²) in [6, 6.07) is 6.97. The maximum atomic E-state index is 12.6. The largest absolute Gasteiger partial charge is 0.487 e. The minimum atomic E-state index is -3.79. The van der Waals surface area contributed by atoms with E-state index >= 15 is 0 Å². The van der Waals surface area contributed by atoms with Crippen molar-refractivity contribution < 1.29 is 23.4 Å². The number of hydrogen-bond acceptors (Lipinski definition) is 5. The molecular formula is C16H13BrClF2N3O3. The summed E-state index contributed by atoms with van der Waals surface area (Å²) in [5, 5.41) is 12.0. The first-order chi connectivity index (χ1) is 12.2. The van der Waals surface area contributed by atoms with Crippen molar-refractivity contribution >= 4 is 44.9 Å². The molecule has 138 valence electrons. The van der Waals surface area contributed by atoms with Crippen LogP contribution >= 0.6 is 27.5 Å². The lowest BCUT2D eigenvalue weighted by Crippen LogP contribution is -2.51. The standard InChI is InChI=1S/C16H13BrClF2N3O3/c17-13-5-9(6-21-14(13)23-7-11(24)8-23)15(25)22-10-1-3-12(4-2-10)26-16(18,19)20/h1-6,11,24H,7-8H2,(H,22,25). The summed E-state index contributed by atoms with van der Waals surface area (Å²) in [4.78, 5) is 18.4. The Morgan fingerprint density at radius 3 is 2.58 bits per heavy atom. The molecule has 2 heterocycles. The van der Waals surface area contributed by atoms with Gasteiger partial charge in [0.25, 0.3) is 5.91 Å². The number of carbonyl (C=O) groups excluding carboxylic acids is 1. The van der Waals surface area contributed by atoms with Gasteiger partial charge in [-0.2, -0.15) is 0 Å². The number of nitrogens with one attached hydrogen (secondary N) is 1. The van der Waals surface area contributed by atoms with Gasteiger partial charge in [-0.3, -0.25) is 4.79 Å². The minimum absolute atomic E-state index is 0.131. The van der Waals surface area contributed by atoms with Gasteiger partial charge < -0.3 is 20.1 Å². The lowest BCUT2D eigenvalue weighted by molar-refractivity contribution is -0.0964. The molecule has 0 bridgehead atoms. The van der Waals surface area contributed by atoms with Crippen molar-refractivity contribution in [3.05, 3.63) is 46.6 Å². The molecule has 1 aromatic carbocycles. The number of aliphatic hydroxyl groups excluding tert-OH is 1. The molecule has 2 N–H and O–H groups in total. The van der Waals surface area contributed by atoms with E-state index in [2.05, 4.69) is 31.0 Å². The van der Waals surface area contributed by atoms with Gasteiger partial charge in [0.15, 0.2) is 0 Å². The van der Waals surface area contributed by atoms with Gasteiger partial charge in [-0.05, 0) is 46.3 Å². The van der Waals surface area contributed by atoms with E-state index in [-0.39, 0.29) is 11.9 Å². The quantitative estimate of drug-likeness (QED) is 0.686. The Morgan fingerprint density at radius 1 is 1.38 bits per heavy atom. The number of aromatic nitrogens is 1. The predicted molar refractivity (Wildman–Crippen MR) is 96.0 cm³/mol. The zero-order chi connectivity index (χ0) is 18.9. The van der Waals surface area contributed by atoms with Gasteiger partial charge in [0, 0.05) is 36.6 Å². The maximum absolute atomic E-state index is 12.6. The highest BCUT2D eigenvalue weighted by Crippen LogP contribution is 2.29. The lowest BCUT2D eigenvalue weighted by Gasteiger charge is -2.37. The molecule has 0 saturated carbocycles. The third kappa shape index (κ3) is 4.60. The molecule has 1 aliphatic heterocycles. The van der Waals surface area contributed by atoms with Crippen molar-refractivity contribution in [1.82, 2.24) is 4.98 Å². The smallest absolute Gasteiger partial charge is 0.420 e. The zero-order valence-corrected chi connectivity index (χ0v) is 15.5. The summed E-state index contributed by atoms with van der Waals surface area (Å²) in [5.74, 6) is 0.105. The van der Waals surface area contributed by atoms with E-state index in [9.17, 15) is 18.7 Å². The van der Waals surface area contributed by atoms with Crippen LogP contribution in [0.2, 0.25) is 0 Å². The average Bonchev–Trinajstić information content (AvgIpc) is 2.52. The van der Waals surface area contributed by atoms with Crippen LogP contribution in [-0.2, 0) is 0 Å². The van der Waals surface area contributed by atoms with Crippen LogP contribution in [0.1, 0.15) is 10.4 Å². The van der Waals surface area contributed by atoms with E-state index in [0.29, 0.717) is 34.6 Å². The number of ether oxygens (including phenoxy) is 1. The van der Waals surface area contributed by atoms with Crippen molar-refractivity contribution in [2.24, 2.45) is 0 Å². The molecule has 0 aliphatic carbocycles. The summed E-state index contributed by atoms with van der Waals surface area (Å²) < 4.78 is 30.0. The second-order valence-corrected chi connectivity index (χ2v) is 6.91. The Kier molecular flexibility index (Phi) is 5.31. The first-order valence-corrected chi connectivity index (χ1v) is 8.64. The van der Waals surface area contributed by atoms with Gasteiger partial charge in [-0.25, -0.2) is 4.98 Å². The number of anilines is 2. The van der Waals surface area contributed by atoms with Crippen molar-refractivity contribution in [3.63, 3.8) is 0 Å². The Labute approximate surface area is 160 Å². The molecule has 10 heteroatoms. The number of benzene rings is 1. The van der Waals surface area contributed by atoms with Gasteiger partial charge >= 0.3 is 5.57 Å². The van der Waals surface area contributed by atoms with Crippen LogP contribution in [0, 0.1) is 0 Å². The Balaban J connectivity index is 1.65. The fourth-order valence-corrected chi connectivity index (χ4v) is 3.05. The van der Waals surface area contributed by atoms with Gasteiger partial charge in [0.1, 0.15) is 11.6 Å². The number of alkyl halides is 3. The first-order valence-electron chi connectivity index (χ1n) is 7.47. The number of pyridine rings is 1. The second-order valence-electron chi connectivity index (χ2n) is 5.61. The van der Waals surface area contributed by atoms with E-state index in [1.54, 1.807) is 6.07 Å². The van der Waals surface area contributed by atoms with E-state index in [4.69, 9.17) is 11.6 Å². The fourth-order valence-electron chi connectivity index (χ4n) is 2.36. The van der Waals surface area contributed by atoms with Crippen LogP contribution in [0.4, 0.5) is 20.3 Å². The van der Waals surface area contributed by atoms with Crippen LogP contribution in [0.15, 0.2) is 41.0 Å². The fraction of sp³-hybridized carbons (Fsp3) is 0.250. The van der Waals surface area contributed by atoms with E-state index in [1.165, 1.54) is 30.5 Å². The SMILES string of the molecule is O=C(Nc1ccc(OC(F)(F)Cl)cc1)c1cnc(N2CC(O)C2)c(Br)c1. The van der Waals surface area contributed by atoms with Crippen LogP contribution in [-0.4, -0.2) is 40.8 Å². The van der Waals surface area contributed by atoms with Gasteiger partial charge in [-0.1, -0.05) is 0 Å². The Bertz CT molecular complexity index is 811. The monoisotopic (exact) mass is 447 g/mol. The number of amides is 1. The van der Waals surface area contributed by atoms with Crippen LogP contribution in [0.5, 0.6) is 5.75 Å². The molecule has 0 radical (unpaired) electrons. The molecule has 0 unspecified atom stereocenters. The Hall–Kier alpha value is -1.97. The topological polar surface area (TPSA) is 74.7 Å². The summed E-state index contributed by atoms with van der Waals surface area (Å²) in [6.45, 7) is 0.986. The summed E-state index contributed by atoms with van der Waals surface area (Å²) in [5.41, 5.74) is -3.09. The summed E-state index contributed by atoms with van der Waals surface area (Å²) in [6.07, 6.45) is 1.06. The number of aliphatic hydroxyl groups is 1. The van der Waals surface area contributed by atoms with Gasteiger partial charge in [-0.15, -0.1) is 8.78 Å². The number of carbonyl (C=O) groups is 1. The first kappa shape index (κ1) is 18.8. The second kappa shape index (κ2) is 7.34. The van der Waals surface area contributed by atoms with Crippen LogP contribution in [0.3, 0.4) is 0 Å². The predicted octanol–water partition coefficient (Wildman–Crippen LogP) is 3.45. The molecule has 0 spiro atoms. The zero-order valence-electron chi connectivity index (χ0n) is 13.1. The number of rotatable bonds is 5. The molecule has 3 rings (SSSR count). The van der Waals surface area contributed by atoms with Crippen molar-refractivity contribution in [3.8, 4) is 5.75 Å². The highest BCUT2D eigenvalue weighted by atomic mass is 79.9. The van der Waals surface area contributed by atoms with Crippen LogP contribution in [0.25, 0.3) is 0 Å². The third-order valence-corrected chi connectivity index (χ3v) is 4.25. The van der Waals surface area contributed by atoms with Crippen molar-refractivity contribution in [1.29, 1.82) is 0 Å². The number of β-amino-alcohol motifs (C(OH)–C–C–N with tert-alkyl or cyclic N) is 1. The van der Waals surface area contributed by atoms with Gasteiger partial charge in [0.05, 0.1) is 16.1 Å². The van der Waals surface area contributed by atoms with Crippen molar-refractivity contribution in [2.45, 2.75) is 11.7 Å². The average molecular weight is 449 g/mol. The molecule has 1 aromatic heterocycles. The summed E-state index contributed by atoms with van der Waals surface area (Å²) in [7, 11) is 0. The number of nitrogens with zero attached hydrogens (tertiary/aromatic N) is 2. The molecule has 1 aliphatic rings. The molecule has 1 saturated heterocycles. The number of halogens is 4. The Morgan fingerprint density at radius 2 is 2.04 bits per heavy atom. The molecule has 6 nitrogen and oxygen atoms in total. The molecular weight excluding hydrogens is 436 g/mol. The number of hydrogen-bond donors (Lipinski definition) is 2. The molecule has 1 amide bonds. The third-order valence-electron chi connectivity index (χ3n) is 3.59. The van der Waals surface area contributed by atoms with E-state index < -0.39 is 11.5 Å². The highest BCUT2D eigenvalue weighted by molar-refractivity contribution is 9.10. The molecule has 2 aromatic rings. The van der Waals surface area contributed by atoms with E-state index in [0.717, 1.165) is 0 Å². The molecule has 0 atom stereocenters. The molecule has 1 fully saturated rings. The van der Waals surface area contributed by atoms with E-state index in [1.807, 2.05) is 4.90 Å². The highest BCUT2D eigenvalue weighted by Gasteiger charge is 2.28. The lowest BCUT2D eigenvalue weighted by atomic mass is 10.1. The maximum Gasteiger partial charge on any atom is 0.487 e. The van der Waals surface area contributed by atoms with Crippen LogP contribution < -0.4 is 15.0 Å².